The highest BCUT2D eigenvalue weighted by Crippen LogP contribution is 2.34. The molecule has 154 valence electrons. The molecule has 30 heavy (non-hydrogen) atoms. The van der Waals surface area contributed by atoms with Crippen molar-refractivity contribution in [1.82, 2.24) is 0 Å². The summed E-state index contributed by atoms with van der Waals surface area (Å²) in [5.41, 5.74) is 2.84. The van der Waals surface area contributed by atoms with Gasteiger partial charge in [-0.2, -0.15) is 0 Å². The summed E-state index contributed by atoms with van der Waals surface area (Å²) in [5, 5.41) is 9.96. The number of aromatic hydroxyl groups is 1. The van der Waals surface area contributed by atoms with Crippen LogP contribution in [0.25, 0.3) is 11.1 Å². The molecule has 0 unspecified atom stereocenters. The van der Waals surface area contributed by atoms with Gasteiger partial charge in [-0.05, 0) is 41.5 Å². The topological polar surface area (TPSA) is 95.9 Å². The number of anilines is 2. The Morgan fingerprint density at radius 3 is 2.50 bits per heavy atom. The van der Waals surface area contributed by atoms with Crippen LogP contribution in [0.3, 0.4) is 0 Å². The number of carbonyl (C=O) groups excluding carboxylic acids is 1. The van der Waals surface area contributed by atoms with Gasteiger partial charge in [-0.1, -0.05) is 36.4 Å². The van der Waals surface area contributed by atoms with Crippen LogP contribution < -0.4 is 14.4 Å². The molecule has 3 aromatic carbocycles. The molecule has 0 aliphatic carbocycles. The van der Waals surface area contributed by atoms with Crippen LogP contribution in [0.5, 0.6) is 11.5 Å². The predicted molar refractivity (Wildman–Crippen MR) is 116 cm³/mol. The molecule has 0 spiro atoms. The van der Waals surface area contributed by atoms with E-state index < -0.39 is 10.0 Å². The average molecular weight is 424 g/mol. The molecule has 1 amide bonds. The van der Waals surface area contributed by atoms with E-state index in [0.717, 1.165) is 17.4 Å². The molecule has 1 aliphatic heterocycles. The van der Waals surface area contributed by atoms with Crippen molar-refractivity contribution < 1.29 is 23.1 Å². The van der Waals surface area contributed by atoms with Gasteiger partial charge < -0.3 is 14.7 Å². The van der Waals surface area contributed by atoms with Crippen molar-refractivity contribution in [2.45, 2.75) is 0 Å². The molecule has 7 nitrogen and oxygen atoms in total. The first-order valence-electron chi connectivity index (χ1n) is 9.27. The molecule has 0 fully saturated rings. The van der Waals surface area contributed by atoms with E-state index in [0.29, 0.717) is 17.0 Å². The highest BCUT2D eigenvalue weighted by molar-refractivity contribution is 7.92. The summed E-state index contributed by atoms with van der Waals surface area (Å²) in [7, 11) is -3.59. The van der Waals surface area contributed by atoms with Gasteiger partial charge in [0.15, 0.2) is 0 Å². The number of fused-ring (bicyclic) bond motifs is 1. The first-order valence-corrected chi connectivity index (χ1v) is 11.2. The van der Waals surface area contributed by atoms with Crippen LogP contribution in [0.2, 0.25) is 0 Å². The molecule has 4 rings (SSSR count). The van der Waals surface area contributed by atoms with E-state index in [9.17, 15) is 18.3 Å². The van der Waals surface area contributed by atoms with E-state index in [4.69, 9.17) is 4.74 Å². The van der Waals surface area contributed by atoms with E-state index in [1.54, 1.807) is 12.1 Å². The van der Waals surface area contributed by atoms with E-state index in [1.807, 2.05) is 42.5 Å². The van der Waals surface area contributed by atoms with Crippen LogP contribution in [0.4, 0.5) is 11.4 Å². The summed E-state index contributed by atoms with van der Waals surface area (Å²) in [6.07, 6.45) is 0.991. The van der Waals surface area contributed by atoms with Crippen molar-refractivity contribution >= 4 is 27.3 Å². The van der Waals surface area contributed by atoms with Gasteiger partial charge >= 0.3 is 0 Å². The molecule has 2 N–H and O–H groups in total. The standard InChI is InChI=1S/C22H20N2O5S/c1-30(27,28)23-19-14-17(8-10-20(19)25)24-11-12-29-21-13-16(7-9-18(21)22(24)26)15-5-3-2-4-6-15/h2-10,13-14,23,25H,11-12H2,1H3. The molecule has 1 heterocycles. The second-order valence-electron chi connectivity index (χ2n) is 6.96. The number of phenols is 1. The number of carbonyl (C=O) groups is 1. The number of amides is 1. The Bertz CT molecular complexity index is 1210. The zero-order valence-corrected chi connectivity index (χ0v) is 17.0. The zero-order valence-electron chi connectivity index (χ0n) is 16.2. The third-order valence-electron chi connectivity index (χ3n) is 4.72. The third-order valence-corrected chi connectivity index (χ3v) is 5.31. The predicted octanol–water partition coefficient (Wildman–Crippen LogP) is 3.47. The van der Waals surface area contributed by atoms with Crippen LogP contribution in [0.1, 0.15) is 10.4 Å². The Hall–Kier alpha value is -3.52. The van der Waals surface area contributed by atoms with Gasteiger partial charge in [0.05, 0.1) is 24.1 Å². The van der Waals surface area contributed by atoms with Crippen molar-refractivity contribution in [1.29, 1.82) is 0 Å². The van der Waals surface area contributed by atoms with Crippen molar-refractivity contribution in [3.8, 4) is 22.6 Å². The Balaban J connectivity index is 1.69. The van der Waals surface area contributed by atoms with E-state index in [2.05, 4.69) is 4.72 Å². The molecular formula is C22H20N2O5S. The maximum atomic E-state index is 13.2. The minimum Gasteiger partial charge on any atom is -0.506 e. The lowest BCUT2D eigenvalue weighted by Crippen LogP contribution is -2.32. The minimum atomic E-state index is -3.59. The second-order valence-corrected chi connectivity index (χ2v) is 8.71. The van der Waals surface area contributed by atoms with Crippen molar-refractivity contribution in [2.75, 3.05) is 29.0 Å². The van der Waals surface area contributed by atoms with Crippen molar-refractivity contribution in [3.63, 3.8) is 0 Å². The van der Waals surface area contributed by atoms with Crippen molar-refractivity contribution in [2.24, 2.45) is 0 Å². The number of nitrogens with one attached hydrogen (secondary N) is 1. The molecule has 0 radical (unpaired) electrons. The highest BCUT2D eigenvalue weighted by atomic mass is 32.2. The van der Waals surface area contributed by atoms with E-state index in [1.165, 1.54) is 17.0 Å². The van der Waals surface area contributed by atoms with Crippen molar-refractivity contribution in [3.05, 3.63) is 72.3 Å². The summed E-state index contributed by atoms with van der Waals surface area (Å²) in [6.45, 7) is 0.546. The average Bonchev–Trinajstić information content (AvgIpc) is 2.88. The van der Waals surface area contributed by atoms with Gasteiger partial charge in [0, 0.05) is 5.69 Å². The molecule has 0 atom stereocenters. The smallest absolute Gasteiger partial charge is 0.262 e. The molecular weight excluding hydrogens is 404 g/mol. The summed E-state index contributed by atoms with van der Waals surface area (Å²) in [5.74, 6) is 0.00539. The number of rotatable bonds is 4. The van der Waals surface area contributed by atoms with Crippen LogP contribution in [0, 0.1) is 0 Å². The zero-order chi connectivity index (χ0) is 21.3. The molecule has 0 aromatic heterocycles. The molecule has 8 heteroatoms. The van der Waals surface area contributed by atoms with Crippen LogP contribution >= 0.6 is 0 Å². The van der Waals surface area contributed by atoms with Crippen LogP contribution in [0.15, 0.2) is 66.7 Å². The number of hydrogen-bond acceptors (Lipinski definition) is 5. The summed E-state index contributed by atoms with van der Waals surface area (Å²) in [6, 6.07) is 19.6. The largest absolute Gasteiger partial charge is 0.506 e. The first-order chi connectivity index (χ1) is 14.3. The fourth-order valence-corrected chi connectivity index (χ4v) is 3.91. The lowest BCUT2D eigenvalue weighted by Gasteiger charge is -2.21. The Kier molecular flexibility index (Phi) is 5.09. The number of ether oxygens (including phenoxy) is 1. The maximum Gasteiger partial charge on any atom is 0.262 e. The molecule has 3 aromatic rings. The highest BCUT2D eigenvalue weighted by Gasteiger charge is 2.26. The van der Waals surface area contributed by atoms with E-state index in [-0.39, 0.29) is 30.5 Å². The summed E-state index contributed by atoms with van der Waals surface area (Å²) < 4.78 is 31.2. The summed E-state index contributed by atoms with van der Waals surface area (Å²) in [4.78, 5) is 14.7. The lowest BCUT2D eigenvalue weighted by molar-refractivity contribution is 0.0990. The number of phenolic OH excluding ortho intramolecular Hbond substituents is 1. The number of nitrogens with zero attached hydrogens (tertiary/aromatic N) is 1. The summed E-state index contributed by atoms with van der Waals surface area (Å²) >= 11 is 0. The van der Waals surface area contributed by atoms with Gasteiger partial charge in [-0.25, -0.2) is 8.42 Å². The first kappa shape index (κ1) is 19.8. The molecule has 0 saturated carbocycles. The Labute approximate surface area is 174 Å². The van der Waals surface area contributed by atoms with Gasteiger partial charge in [-0.3, -0.25) is 9.52 Å². The SMILES string of the molecule is CS(=O)(=O)Nc1cc(N2CCOc3cc(-c4ccccc4)ccc3C2=O)ccc1O. The number of hydrogen-bond donors (Lipinski definition) is 2. The quantitative estimate of drug-likeness (QED) is 0.625. The van der Waals surface area contributed by atoms with Gasteiger partial charge in [0.2, 0.25) is 10.0 Å². The number of benzene rings is 3. The monoisotopic (exact) mass is 424 g/mol. The molecule has 0 saturated heterocycles. The van der Waals surface area contributed by atoms with Gasteiger partial charge in [-0.15, -0.1) is 0 Å². The minimum absolute atomic E-state index is 0.00705. The van der Waals surface area contributed by atoms with Gasteiger partial charge in [0.1, 0.15) is 18.1 Å². The lowest BCUT2D eigenvalue weighted by atomic mass is 10.0. The van der Waals surface area contributed by atoms with Crippen LogP contribution in [-0.2, 0) is 10.0 Å². The van der Waals surface area contributed by atoms with E-state index >= 15 is 0 Å². The fraction of sp³-hybridized carbons (Fsp3) is 0.136. The number of sulfonamides is 1. The van der Waals surface area contributed by atoms with Gasteiger partial charge in [0.25, 0.3) is 5.91 Å². The maximum absolute atomic E-state index is 13.2. The fourth-order valence-electron chi connectivity index (χ4n) is 3.34. The van der Waals surface area contributed by atoms with Crippen LogP contribution in [-0.4, -0.2) is 38.8 Å². The normalized spacial score (nSPS) is 13.9. The Morgan fingerprint density at radius 2 is 1.77 bits per heavy atom. The third kappa shape index (κ3) is 4.08. The Morgan fingerprint density at radius 1 is 1.00 bits per heavy atom. The molecule has 0 bridgehead atoms. The second kappa shape index (κ2) is 7.72. The molecule has 1 aliphatic rings.